The second kappa shape index (κ2) is 8.54. The first-order valence-corrected chi connectivity index (χ1v) is 7.24. The minimum Gasteiger partial charge on any atom is -0.383 e. The van der Waals surface area contributed by atoms with Crippen LogP contribution in [0.25, 0.3) is 0 Å². The standard InChI is InChI=1S/C16H22FN3O/c1-21-12-11-20-10-9-19-16(20)13-18-8-4-6-14-5-2-3-7-15(14)17/h2-3,5,7,9-10,18H,4,6,8,11-13H2,1H3. The summed E-state index contributed by atoms with van der Waals surface area (Å²) >= 11 is 0. The molecule has 0 aliphatic rings. The van der Waals surface area contributed by atoms with E-state index in [-0.39, 0.29) is 5.82 Å². The molecule has 1 aromatic carbocycles. The van der Waals surface area contributed by atoms with Crippen LogP contribution in [-0.4, -0.2) is 29.8 Å². The predicted molar refractivity (Wildman–Crippen MR) is 80.5 cm³/mol. The van der Waals surface area contributed by atoms with Crippen molar-refractivity contribution in [2.45, 2.75) is 25.9 Å². The van der Waals surface area contributed by atoms with Gasteiger partial charge in [-0.25, -0.2) is 9.37 Å². The highest BCUT2D eigenvalue weighted by atomic mass is 19.1. The van der Waals surface area contributed by atoms with Crippen molar-refractivity contribution in [3.05, 3.63) is 53.9 Å². The largest absolute Gasteiger partial charge is 0.383 e. The lowest BCUT2D eigenvalue weighted by Gasteiger charge is -2.08. The quantitative estimate of drug-likeness (QED) is 0.721. The normalized spacial score (nSPS) is 11.0. The Morgan fingerprint density at radius 3 is 3.00 bits per heavy atom. The number of benzene rings is 1. The average Bonchev–Trinajstić information content (AvgIpc) is 2.94. The lowest BCUT2D eigenvalue weighted by atomic mass is 10.1. The number of imidazole rings is 1. The highest BCUT2D eigenvalue weighted by Gasteiger charge is 2.03. The molecule has 2 aromatic rings. The molecule has 5 heteroatoms. The van der Waals surface area contributed by atoms with Crippen LogP contribution in [0.2, 0.25) is 0 Å². The molecule has 0 radical (unpaired) electrons. The molecule has 1 aromatic heterocycles. The summed E-state index contributed by atoms with van der Waals surface area (Å²) in [5, 5.41) is 3.35. The van der Waals surface area contributed by atoms with Gasteiger partial charge in [0, 0.05) is 26.0 Å². The molecule has 1 N–H and O–H groups in total. The average molecular weight is 291 g/mol. The zero-order valence-corrected chi connectivity index (χ0v) is 12.4. The van der Waals surface area contributed by atoms with E-state index in [2.05, 4.69) is 14.9 Å². The monoisotopic (exact) mass is 291 g/mol. The lowest BCUT2D eigenvalue weighted by Crippen LogP contribution is -2.19. The summed E-state index contributed by atoms with van der Waals surface area (Å²) in [6.45, 7) is 3.04. The Labute approximate surface area is 125 Å². The van der Waals surface area contributed by atoms with E-state index in [1.807, 2.05) is 18.3 Å². The molecular weight excluding hydrogens is 269 g/mol. The first-order chi connectivity index (χ1) is 10.3. The Hall–Kier alpha value is -1.72. The van der Waals surface area contributed by atoms with Crippen LogP contribution in [0.1, 0.15) is 17.8 Å². The SMILES string of the molecule is COCCn1ccnc1CNCCCc1ccccc1F. The number of methoxy groups -OCH3 is 1. The van der Waals surface area contributed by atoms with E-state index in [1.165, 1.54) is 6.07 Å². The van der Waals surface area contributed by atoms with Gasteiger partial charge in [-0.3, -0.25) is 0 Å². The molecule has 0 aliphatic carbocycles. The minimum atomic E-state index is -0.118. The van der Waals surface area contributed by atoms with E-state index in [9.17, 15) is 4.39 Å². The van der Waals surface area contributed by atoms with E-state index in [0.717, 1.165) is 37.3 Å². The third-order valence-corrected chi connectivity index (χ3v) is 3.38. The van der Waals surface area contributed by atoms with Gasteiger partial charge in [-0.2, -0.15) is 0 Å². The molecule has 0 aliphatic heterocycles. The van der Waals surface area contributed by atoms with Gasteiger partial charge in [-0.15, -0.1) is 0 Å². The van der Waals surface area contributed by atoms with Crippen molar-refractivity contribution in [2.24, 2.45) is 0 Å². The molecule has 0 amide bonds. The van der Waals surface area contributed by atoms with E-state index >= 15 is 0 Å². The zero-order chi connectivity index (χ0) is 14.9. The molecule has 4 nitrogen and oxygen atoms in total. The molecule has 0 atom stereocenters. The number of aromatic nitrogens is 2. The summed E-state index contributed by atoms with van der Waals surface area (Å²) in [5.74, 6) is 0.880. The number of aryl methyl sites for hydroxylation is 1. The summed E-state index contributed by atoms with van der Waals surface area (Å²) in [7, 11) is 1.69. The van der Waals surface area contributed by atoms with E-state index in [0.29, 0.717) is 13.2 Å². The lowest BCUT2D eigenvalue weighted by molar-refractivity contribution is 0.186. The third kappa shape index (κ3) is 4.95. The number of hydrogen-bond donors (Lipinski definition) is 1. The third-order valence-electron chi connectivity index (χ3n) is 3.38. The van der Waals surface area contributed by atoms with E-state index < -0.39 is 0 Å². The van der Waals surface area contributed by atoms with Gasteiger partial charge in [0.1, 0.15) is 11.6 Å². The zero-order valence-electron chi connectivity index (χ0n) is 12.4. The number of halogens is 1. The Morgan fingerprint density at radius 1 is 1.33 bits per heavy atom. The van der Waals surface area contributed by atoms with Crippen LogP contribution in [0.4, 0.5) is 4.39 Å². The Balaban J connectivity index is 1.68. The van der Waals surface area contributed by atoms with Gasteiger partial charge < -0.3 is 14.6 Å². The van der Waals surface area contributed by atoms with Crippen LogP contribution in [-0.2, 0) is 24.2 Å². The smallest absolute Gasteiger partial charge is 0.126 e. The van der Waals surface area contributed by atoms with Gasteiger partial charge >= 0.3 is 0 Å². The first kappa shape index (κ1) is 15.7. The van der Waals surface area contributed by atoms with Crippen LogP contribution in [0.5, 0.6) is 0 Å². The fourth-order valence-corrected chi connectivity index (χ4v) is 2.21. The van der Waals surface area contributed by atoms with Crippen LogP contribution in [0, 0.1) is 5.82 Å². The van der Waals surface area contributed by atoms with Crippen LogP contribution in [0.15, 0.2) is 36.7 Å². The van der Waals surface area contributed by atoms with Gasteiger partial charge in [0.25, 0.3) is 0 Å². The molecule has 2 rings (SSSR count). The summed E-state index contributed by atoms with van der Waals surface area (Å²) in [6, 6.07) is 6.94. The maximum atomic E-state index is 13.4. The maximum absolute atomic E-state index is 13.4. The van der Waals surface area contributed by atoms with Gasteiger partial charge in [0.2, 0.25) is 0 Å². The van der Waals surface area contributed by atoms with Gasteiger partial charge in [0.15, 0.2) is 0 Å². The maximum Gasteiger partial charge on any atom is 0.126 e. The summed E-state index contributed by atoms with van der Waals surface area (Å²) in [5.41, 5.74) is 0.779. The number of ether oxygens (including phenoxy) is 1. The van der Waals surface area contributed by atoms with Crippen molar-refractivity contribution in [2.75, 3.05) is 20.3 Å². The van der Waals surface area contributed by atoms with Crippen LogP contribution < -0.4 is 5.32 Å². The second-order valence-electron chi connectivity index (χ2n) is 4.90. The molecule has 21 heavy (non-hydrogen) atoms. The molecule has 0 saturated carbocycles. The fourth-order valence-electron chi connectivity index (χ4n) is 2.21. The highest BCUT2D eigenvalue weighted by molar-refractivity contribution is 5.17. The molecule has 114 valence electrons. The van der Waals surface area contributed by atoms with E-state index in [1.54, 1.807) is 19.4 Å². The van der Waals surface area contributed by atoms with Crippen molar-refractivity contribution in [3.63, 3.8) is 0 Å². The fraction of sp³-hybridized carbons (Fsp3) is 0.438. The molecule has 0 unspecified atom stereocenters. The van der Waals surface area contributed by atoms with Gasteiger partial charge in [-0.05, 0) is 31.0 Å². The Morgan fingerprint density at radius 2 is 2.19 bits per heavy atom. The van der Waals surface area contributed by atoms with Crippen LogP contribution >= 0.6 is 0 Å². The summed E-state index contributed by atoms with van der Waals surface area (Å²) in [4.78, 5) is 4.32. The van der Waals surface area contributed by atoms with Crippen molar-refractivity contribution >= 4 is 0 Å². The van der Waals surface area contributed by atoms with Crippen molar-refractivity contribution in [3.8, 4) is 0 Å². The number of nitrogens with one attached hydrogen (secondary N) is 1. The molecule has 1 heterocycles. The predicted octanol–water partition coefficient (Wildman–Crippen LogP) is 2.39. The van der Waals surface area contributed by atoms with Crippen LogP contribution in [0.3, 0.4) is 0 Å². The molecular formula is C16H22FN3O. The topological polar surface area (TPSA) is 39.1 Å². The minimum absolute atomic E-state index is 0.118. The molecule has 0 bridgehead atoms. The number of rotatable bonds is 9. The molecule has 0 fully saturated rings. The van der Waals surface area contributed by atoms with E-state index in [4.69, 9.17) is 4.74 Å². The van der Waals surface area contributed by atoms with Crippen molar-refractivity contribution in [1.29, 1.82) is 0 Å². The van der Waals surface area contributed by atoms with Crippen molar-refractivity contribution in [1.82, 2.24) is 14.9 Å². The first-order valence-electron chi connectivity index (χ1n) is 7.24. The van der Waals surface area contributed by atoms with Gasteiger partial charge in [-0.1, -0.05) is 18.2 Å². The molecule has 0 spiro atoms. The molecule has 0 saturated heterocycles. The Kier molecular flexibility index (Phi) is 6.37. The second-order valence-corrected chi connectivity index (χ2v) is 4.90. The number of nitrogens with zero attached hydrogens (tertiary/aromatic N) is 2. The Bertz CT molecular complexity index is 542. The van der Waals surface area contributed by atoms with Gasteiger partial charge in [0.05, 0.1) is 13.2 Å². The number of hydrogen-bond acceptors (Lipinski definition) is 3. The highest BCUT2D eigenvalue weighted by Crippen LogP contribution is 2.08. The summed E-state index contributed by atoms with van der Waals surface area (Å²) in [6.07, 6.45) is 5.40. The summed E-state index contributed by atoms with van der Waals surface area (Å²) < 4.78 is 20.6. The van der Waals surface area contributed by atoms with Crippen molar-refractivity contribution < 1.29 is 9.13 Å².